The van der Waals surface area contributed by atoms with E-state index in [1.807, 2.05) is 30.3 Å². The average Bonchev–Trinajstić information content (AvgIpc) is 3.21. The number of allylic oxidation sites excluding steroid dienone is 1. The number of nitrogens with zero attached hydrogens (tertiary/aromatic N) is 1. The van der Waals surface area contributed by atoms with Gasteiger partial charge in [0.25, 0.3) is 0 Å². The molecule has 0 saturated carbocycles. The number of ketones is 1. The van der Waals surface area contributed by atoms with Gasteiger partial charge in [-0.1, -0.05) is 30.3 Å². The van der Waals surface area contributed by atoms with Crippen molar-refractivity contribution in [2.45, 2.75) is 31.8 Å². The molecule has 3 nitrogen and oxygen atoms in total. The van der Waals surface area contributed by atoms with Crippen molar-refractivity contribution in [3.8, 4) is 0 Å². The summed E-state index contributed by atoms with van der Waals surface area (Å²) >= 11 is 1.67. The Balaban J connectivity index is 1.70. The van der Waals surface area contributed by atoms with Crippen molar-refractivity contribution < 1.29 is 9.18 Å². The number of carbonyl (C=O) groups excluding carboxylic acids is 1. The van der Waals surface area contributed by atoms with Crippen molar-refractivity contribution in [3.05, 3.63) is 93.6 Å². The molecule has 2 heterocycles. The Kier molecular flexibility index (Phi) is 4.68. The van der Waals surface area contributed by atoms with E-state index in [2.05, 4.69) is 33.8 Å². The number of hydrogen-bond acceptors (Lipinski definition) is 4. The molecular formula is C24H21FN2OS. The number of para-hydroxylation sites is 2. The quantitative estimate of drug-likeness (QED) is 0.575. The molecule has 1 N–H and O–H groups in total. The highest BCUT2D eigenvalue weighted by atomic mass is 32.1. The average molecular weight is 405 g/mol. The van der Waals surface area contributed by atoms with Crippen LogP contribution in [-0.2, 0) is 11.3 Å². The van der Waals surface area contributed by atoms with Crippen LogP contribution < -0.4 is 10.2 Å². The number of hydrogen-bond donors (Lipinski definition) is 1. The van der Waals surface area contributed by atoms with Crippen LogP contribution in [-0.4, -0.2) is 5.78 Å². The normalized spacial score (nSPS) is 18.7. The summed E-state index contributed by atoms with van der Waals surface area (Å²) in [5, 5.41) is 5.63. The van der Waals surface area contributed by atoms with Crippen LogP contribution >= 0.6 is 11.3 Å². The van der Waals surface area contributed by atoms with E-state index >= 15 is 0 Å². The van der Waals surface area contributed by atoms with Crippen LogP contribution in [0.4, 0.5) is 15.8 Å². The molecule has 1 atom stereocenters. The van der Waals surface area contributed by atoms with Crippen LogP contribution in [0.5, 0.6) is 0 Å². The molecule has 146 valence electrons. The van der Waals surface area contributed by atoms with E-state index in [0.29, 0.717) is 13.0 Å². The lowest BCUT2D eigenvalue weighted by Gasteiger charge is -2.34. The van der Waals surface area contributed by atoms with Crippen molar-refractivity contribution in [2.24, 2.45) is 0 Å². The fraction of sp³-hybridized carbons (Fsp3) is 0.208. The molecule has 5 rings (SSSR count). The third kappa shape index (κ3) is 3.36. The Morgan fingerprint density at radius 1 is 1.03 bits per heavy atom. The fourth-order valence-corrected chi connectivity index (χ4v) is 5.15. The van der Waals surface area contributed by atoms with Crippen molar-refractivity contribution in [1.29, 1.82) is 0 Å². The molecule has 29 heavy (non-hydrogen) atoms. The summed E-state index contributed by atoms with van der Waals surface area (Å²) < 4.78 is 13.5. The molecule has 0 spiro atoms. The van der Waals surface area contributed by atoms with Gasteiger partial charge in [-0.2, -0.15) is 0 Å². The maximum absolute atomic E-state index is 13.5. The van der Waals surface area contributed by atoms with Crippen LogP contribution in [0, 0.1) is 5.82 Å². The van der Waals surface area contributed by atoms with Gasteiger partial charge >= 0.3 is 0 Å². The number of carbonyl (C=O) groups is 1. The zero-order valence-corrected chi connectivity index (χ0v) is 16.7. The standard InChI is InChI=1S/C24H21FN2OS/c25-17-12-10-16(11-13-17)15-27-20-7-2-1-5-18(20)26-19-6-3-8-21(28)23(19)24(27)22-9-4-14-29-22/h1-2,4-5,7,9-14,24,26H,3,6,8,15H2/t24-/m0/s1. The Labute approximate surface area is 173 Å². The van der Waals surface area contributed by atoms with E-state index in [9.17, 15) is 9.18 Å². The summed E-state index contributed by atoms with van der Waals surface area (Å²) in [5.74, 6) is -0.0250. The van der Waals surface area contributed by atoms with Gasteiger partial charge in [0.05, 0.1) is 17.4 Å². The van der Waals surface area contributed by atoms with E-state index in [1.54, 1.807) is 11.3 Å². The second-order valence-electron chi connectivity index (χ2n) is 7.48. The minimum atomic E-state index is -0.242. The summed E-state index contributed by atoms with van der Waals surface area (Å²) in [6.45, 7) is 0.589. The predicted octanol–water partition coefficient (Wildman–Crippen LogP) is 6.07. The van der Waals surface area contributed by atoms with Gasteiger partial charge in [0.1, 0.15) is 5.82 Å². The van der Waals surface area contributed by atoms with Crippen molar-refractivity contribution in [1.82, 2.24) is 0 Å². The molecule has 1 aliphatic carbocycles. The van der Waals surface area contributed by atoms with Crippen LogP contribution in [0.1, 0.15) is 35.7 Å². The SMILES string of the molecule is O=C1CCCC2=C1[C@H](c1cccs1)N(Cc1ccc(F)cc1)c1ccccc1N2. The first-order valence-corrected chi connectivity index (χ1v) is 10.8. The van der Waals surface area contributed by atoms with Crippen molar-refractivity contribution in [2.75, 3.05) is 10.2 Å². The van der Waals surface area contributed by atoms with Gasteiger partial charge in [-0.15, -0.1) is 11.3 Å². The maximum Gasteiger partial charge on any atom is 0.163 e. The maximum atomic E-state index is 13.5. The number of halogens is 1. The van der Waals surface area contributed by atoms with Crippen molar-refractivity contribution >= 4 is 28.5 Å². The first kappa shape index (κ1) is 18.1. The van der Waals surface area contributed by atoms with E-state index < -0.39 is 0 Å². The zero-order valence-electron chi connectivity index (χ0n) is 15.9. The van der Waals surface area contributed by atoms with Gasteiger partial charge in [-0.3, -0.25) is 4.79 Å². The Morgan fingerprint density at radius 3 is 2.66 bits per heavy atom. The van der Waals surface area contributed by atoms with Crippen LogP contribution in [0.3, 0.4) is 0 Å². The van der Waals surface area contributed by atoms with E-state index in [0.717, 1.165) is 45.9 Å². The van der Waals surface area contributed by atoms with E-state index in [-0.39, 0.29) is 17.6 Å². The molecule has 0 fully saturated rings. The molecule has 1 aromatic heterocycles. The number of benzene rings is 2. The highest BCUT2D eigenvalue weighted by Gasteiger charge is 2.37. The molecule has 0 radical (unpaired) electrons. The molecule has 5 heteroatoms. The van der Waals surface area contributed by atoms with Crippen molar-refractivity contribution in [3.63, 3.8) is 0 Å². The lowest BCUT2D eigenvalue weighted by atomic mass is 9.88. The summed E-state index contributed by atoms with van der Waals surface area (Å²) in [6, 6.07) is 18.8. The summed E-state index contributed by atoms with van der Waals surface area (Å²) in [5.41, 5.74) is 4.98. The largest absolute Gasteiger partial charge is 0.357 e. The highest BCUT2D eigenvalue weighted by Crippen LogP contribution is 2.46. The van der Waals surface area contributed by atoms with E-state index in [1.165, 1.54) is 12.1 Å². The monoisotopic (exact) mass is 404 g/mol. The summed E-state index contributed by atoms with van der Waals surface area (Å²) in [6.07, 6.45) is 2.34. The van der Waals surface area contributed by atoms with Gasteiger partial charge < -0.3 is 10.2 Å². The number of thiophene rings is 1. The van der Waals surface area contributed by atoms with Crippen LogP contribution in [0.2, 0.25) is 0 Å². The lowest BCUT2D eigenvalue weighted by Crippen LogP contribution is -2.32. The summed E-state index contributed by atoms with van der Waals surface area (Å²) in [7, 11) is 0. The lowest BCUT2D eigenvalue weighted by molar-refractivity contribution is -0.116. The van der Waals surface area contributed by atoms with Gasteiger partial charge in [0.15, 0.2) is 5.78 Å². The Bertz CT molecular complexity index is 1070. The molecule has 0 amide bonds. The Morgan fingerprint density at radius 2 is 1.86 bits per heavy atom. The molecular weight excluding hydrogens is 383 g/mol. The fourth-order valence-electron chi connectivity index (χ4n) is 4.30. The minimum absolute atomic E-state index is 0.154. The summed E-state index contributed by atoms with van der Waals surface area (Å²) in [4.78, 5) is 16.5. The zero-order chi connectivity index (χ0) is 19.8. The van der Waals surface area contributed by atoms with Gasteiger partial charge in [-0.05, 0) is 54.1 Å². The molecule has 0 unspecified atom stereocenters. The smallest absolute Gasteiger partial charge is 0.163 e. The molecule has 2 aromatic carbocycles. The number of fused-ring (bicyclic) bond motifs is 1. The van der Waals surface area contributed by atoms with Gasteiger partial charge in [-0.25, -0.2) is 4.39 Å². The second kappa shape index (κ2) is 7.48. The van der Waals surface area contributed by atoms with Crippen LogP contribution in [0.15, 0.2) is 77.3 Å². The number of rotatable bonds is 3. The van der Waals surface area contributed by atoms with Gasteiger partial charge in [0, 0.05) is 29.1 Å². The number of anilines is 2. The molecule has 1 aliphatic heterocycles. The number of nitrogens with one attached hydrogen (secondary N) is 1. The van der Waals surface area contributed by atoms with Crippen LogP contribution in [0.25, 0.3) is 0 Å². The predicted molar refractivity (Wildman–Crippen MR) is 116 cm³/mol. The second-order valence-corrected chi connectivity index (χ2v) is 8.46. The minimum Gasteiger partial charge on any atom is -0.357 e. The third-order valence-electron chi connectivity index (χ3n) is 5.62. The molecule has 0 saturated heterocycles. The Hall–Kier alpha value is -2.92. The number of Topliss-reactive ketones (excluding diaryl/α,β-unsaturated/α-hetero) is 1. The molecule has 0 bridgehead atoms. The first-order valence-electron chi connectivity index (χ1n) is 9.87. The van der Waals surface area contributed by atoms with E-state index in [4.69, 9.17) is 0 Å². The molecule has 2 aliphatic rings. The third-order valence-corrected chi connectivity index (χ3v) is 6.54. The topological polar surface area (TPSA) is 32.3 Å². The van der Waals surface area contributed by atoms with Gasteiger partial charge in [0.2, 0.25) is 0 Å². The highest BCUT2D eigenvalue weighted by molar-refractivity contribution is 7.10. The first-order chi connectivity index (χ1) is 14.2. The molecule has 3 aromatic rings.